The van der Waals surface area contributed by atoms with Gasteiger partial charge in [0.05, 0.1) is 23.0 Å². The summed E-state index contributed by atoms with van der Waals surface area (Å²) in [6.07, 6.45) is 16.4. The van der Waals surface area contributed by atoms with Gasteiger partial charge in [0.1, 0.15) is 6.29 Å². The lowest BCUT2D eigenvalue weighted by atomic mass is 9.80. The highest BCUT2D eigenvalue weighted by Gasteiger charge is 2.32. The van der Waals surface area contributed by atoms with Crippen molar-refractivity contribution in [2.75, 3.05) is 26.7 Å². The minimum absolute atomic E-state index is 0.203. The number of hydrogen-bond donors (Lipinski definition) is 1. The quantitative estimate of drug-likeness (QED) is 0.0967. The zero-order valence-electron chi connectivity index (χ0n) is 35.5. The fourth-order valence-corrected chi connectivity index (χ4v) is 7.52. The van der Waals surface area contributed by atoms with Crippen LogP contribution in [0, 0.1) is 22.2 Å². The average Bonchev–Trinajstić information content (AvgIpc) is 3.63. The first kappa shape index (κ1) is 49.6. The number of ether oxygens (including phenoxy) is 1. The fraction of sp³-hybridized carbons (Fsp3) is 0.795. The van der Waals surface area contributed by atoms with Crippen LogP contribution in [0.3, 0.4) is 0 Å². The van der Waals surface area contributed by atoms with Crippen molar-refractivity contribution in [2.24, 2.45) is 22.5 Å². The number of alkyl halides is 3. The van der Waals surface area contributed by atoms with E-state index in [1.54, 1.807) is 5.12 Å². The van der Waals surface area contributed by atoms with Crippen LogP contribution in [0.15, 0.2) is 40.8 Å². The van der Waals surface area contributed by atoms with E-state index in [9.17, 15) is 22.9 Å². The van der Waals surface area contributed by atoms with Crippen molar-refractivity contribution >= 4 is 6.29 Å². The topological polar surface area (TPSA) is 74.2 Å². The lowest BCUT2D eigenvalue weighted by Crippen LogP contribution is -2.45. The minimum atomic E-state index is -4.22. The monoisotopic (exact) mass is 767 g/mol. The van der Waals surface area contributed by atoms with Crippen LogP contribution in [0.1, 0.15) is 169 Å². The molecular formula is C44H77F3N4O3. The van der Waals surface area contributed by atoms with Gasteiger partial charge in [0, 0.05) is 37.7 Å². The third-order valence-electron chi connectivity index (χ3n) is 10.8. The lowest BCUT2D eigenvalue weighted by molar-refractivity contribution is -0.137. The summed E-state index contributed by atoms with van der Waals surface area (Å²) in [6.45, 7) is 20.4. The molecule has 1 saturated heterocycles. The molecule has 1 aromatic carbocycles. The smallest absolute Gasteiger partial charge is 0.378 e. The Morgan fingerprint density at radius 3 is 1.94 bits per heavy atom. The van der Waals surface area contributed by atoms with Crippen molar-refractivity contribution in [1.29, 1.82) is 0 Å². The molecule has 1 N–H and O–H groups in total. The number of rotatable bonds is 17. The summed E-state index contributed by atoms with van der Waals surface area (Å²) in [5.74, 6) is 0.980. The van der Waals surface area contributed by atoms with Crippen LogP contribution in [0.2, 0.25) is 0 Å². The molecule has 54 heavy (non-hydrogen) atoms. The SMILES string of the molecule is CCC.CCC(C)C=O.CCCC(C)(CCC)CN(C)CC1CCC(N(N=O)NC(CC2CCCO2)=C2CCC2)CC1.CCc1ccc(C(F)(F)F)cc1. The molecule has 1 heterocycles. The zero-order chi connectivity index (χ0) is 40.6. The Bertz CT molecular complexity index is 1150. The maximum Gasteiger partial charge on any atom is 0.416 e. The van der Waals surface area contributed by atoms with Crippen LogP contribution in [-0.4, -0.2) is 55.2 Å². The zero-order valence-corrected chi connectivity index (χ0v) is 35.5. The molecule has 10 heteroatoms. The summed E-state index contributed by atoms with van der Waals surface area (Å²) >= 11 is 0. The maximum atomic E-state index is 12.0. The molecule has 0 amide bonds. The number of benzene rings is 1. The normalized spacial score (nSPS) is 20.2. The number of carbonyl (C=O) groups is 1. The second-order valence-corrected chi connectivity index (χ2v) is 16.3. The van der Waals surface area contributed by atoms with E-state index >= 15 is 0 Å². The van der Waals surface area contributed by atoms with Crippen molar-refractivity contribution < 1.29 is 22.7 Å². The van der Waals surface area contributed by atoms with Gasteiger partial charge in [0.25, 0.3) is 0 Å². The van der Waals surface area contributed by atoms with Crippen molar-refractivity contribution in [3.8, 4) is 0 Å². The van der Waals surface area contributed by atoms with E-state index in [1.807, 2.05) is 20.8 Å². The third kappa shape index (κ3) is 19.4. The van der Waals surface area contributed by atoms with Crippen molar-refractivity contribution in [1.82, 2.24) is 15.4 Å². The molecule has 1 aliphatic heterocycles. The number of nitroso groups, excluding NO2 is 1. The Labute approximate surface area is 327 Å². The van der Waals surface area contributed by atoms with Gasteiger partial charge in [0.15, 0.2) is 0 Å². The molecule has 0 radical (unpaired) electrons. The van der Waals surface area contributed by atoms with Gasteiger partial charge in [-0.15, -0.1) is 4.91 Å². The van der Waals surface area contributed by atoms with Gasteiger partial charge in [-0.05, 0) is 125 Å². The van der Waals surface area contributed by atoms with Crippen molar-refractivity contribution in [3.63, 3.8) is 0 Å². The molecule has 0 aromatic heterocycles. The first-order valence-corrected chi connectivity index (χ1v) is 21.2. The van der Waals surface area contributed by atoms with E-state index in [0.717, 1.165) is 94.3 Å². The summed E-state index contributed by atoms with van der Waals surface area (Å²) in [4.78, 5) is 24.1. The first-order chi connectivity index (χ1) is 25.7. The highest BCUT2D eigenvalue weighted by atomic mass is 19.4. The van der Waals surface area contributed by atoms with Gasteiger partial charge in [-0.3, -0.25) is 5.43 Å². The summed E-state index contributed by atoms with van der Waals surface area (Å²) in [5, 5.41) is 5.08. The van der Waals surface area contributed by atoms with Gasteiger partial charge in [-0.1, -0.05) is 86.8 Å². The number of carbonyl (C=O) groups excluding carboxylic acids is 1. The predicted octanol–water partition coefficient (Wildman–Crippen LogP) is 12.5. The van der Waals surface area contributed by atoms with Crippen LogP contribution >= 0.6 is 0 Å². The van der Waals surface area contributed by atoms with Crippen LogP contribution in [0.25, 0.3) is 0 Å². The Balaban J connectivity index is 0.000000566. The number of allylic oxidation sites excluding steroid dienone is 1. The summed E-state index contributed by atoms with van der Waals surface area (Å²) in [7, 11) is 2.30. The number of aryl methyl sites for hydroxylation is 1. The average molecular weight is 767 g/mol. The Morgan fingerprint density at radius 2 is 1.56 bits per heavy atom. The summed E-state index contributed by atoms with van der Waals surface area (Å²) in [6, 6.07) is 5.43. The molecular weight excluding hydrogens is 690 g/mol. The minimum Gasteiger partial charge on any atom is -0.378 e. The Morgan fingerprint density at radius 1 is 0.963 bits per heavy atom. The number of nitrogens with one attached hydrogen (secondary N) is 1. The molecule has 4 rings (SSSR count). The van der Waals surface area contributed by atoms with Crippen molar-refractivity contribution in [3.05, 3.63) is 51.6 Å². The van der Waals surface area contributed by atoms with Crippen LogP contribution in [-0.2, 0) is 22.1 Å². The number of hydrazine groups is 1. The molecule has 2 aliphatic carbocycles. The molecule has 0 bridgehead atoms. The Kier molecular flexibility index (Phi) is 25.0. The van der Waals surface area contributed by atoms with E-state index in [2.05, 4.69) is 57.3 Å². The molecule has 312 valence electrons. The second kappa shape index (κ2) is 27.2. The third-order valence-corrected chi connectivity index (χ3v) is 10.8. The van der Waals surface area contributed by atoms with Gasteiger partial charge in [-0.2, -0.15) is 18.3 Å². The van der Waals surface area contributed by atoms with E-state index < -0.39 is 11.7 Å². The van der Waals surface area contributed by atoms with Gasteiger partial charge >= 0.3 is 6.18 Å². The van der Waals surface area contributed by atoms with E-state index in [0.29, 0.717) is 11.5 Å². The predicted molar refractivity (Wildman–Crippen MR) is 219 cm³/mol. The standard InChI is InChI=1S/C27H50N4O2.C9H9F3.C5H10O.C3H8/c1-5-16-27(3,17-6-2)21-30(4)20-22-12-14-24(15-13-22)31(29-32)28-26(23-9-7-10-23)19-25-11-8-18-33-25;1-2-7-3-5-8(6-4-7)9(10,11)12;1-3-5(2)4-6;1-3-2/h22,24-25,28H,5-21H2,1-4H3;3-6H,2H2,1H3;4-5H,3H2,1-2H3;3H2,1-2H3. The van der Waals surface area contributed by atoms with Gasteiger partial charge < -0.3 is 14.4 Å². The maximum absolute atomic E-state index is 12.0. The highest BCUT2D eigenvalue weighted by Crippen LogP contribution is 2.35. The molecule has 7 nitrogen and oxygen atoms in total. The molecule has 3 aliphatic rings. The largest absolute Gasteiger partial charge is 0.416 e. The first-order valence-electron chi connectivity index (χ1n) is 21.2. The number of nitrogens with zero attached hydrogens (tertiary/aromatic N) is 3. The van der Waals surface area contributed by atoms with Gasteiger partial charge in [0.2, 0.25) is 0 Å². The number of halogens is 3. The van der Waals surface area contributed by atoms with Crippen LogP contribution in [0.5, 0.6) is 0 Å². The van der Waals surface area contributed by atoms with E-state index in [-0.39, 0.29) is 12.0 Å². The van der Waals surface area contributed by atoms with Crippen molar-refractivity contribution in [2.45, 2.75) is 183 Å². The number of aldehydes is 1. The van der Waals surface area contributed by atoms with Gasteiger partial charge in [-0.25, -0.2) is 0 Å². The molecule has 1 aromatic rings. The van der Waals surface area contributed by atoms with Crippen LogP contribution < -0.4 is 5.43 Å². The van der Waals surface area contributed by atoms with Crippen LogP contribution in [0.4, 0.5) is 13.2 Å². The molecule has 0 spiro atoms. The fourth-order valence-electron chi connectivity index (χ4n) is 7.52. The summed E-state index contributed by atoms with van der Waals surface area (Å²) < 4.78 is 41.9. The van der Waals surface area contributed by atoms with E-state index in [1.165, 1.54) is 87.9 Å². The lowest BCUT2D eigenvalue weighted by Gasteiger charge is -2.38. The highest BCUT2D eigenvalue weighted by molar-refractivity contribution is 5.52. The molecule has 3 fully saturated rings. The summed E-state index contributed by atoms with van der Waals surface area (Å²) in [5.41, 5.74) is 6.91. The molecule has 2 atom stereocenters. The number of hydrogen-bond acceptors (Lipinski definition) is 6. The molecule has 2 saturated carbocycles. The Hall–Kier alpha value is -2.46. The second-order valence-electron chi connectivity index (χ2n) is 16.3. The van der Waals surface area contributed by atoms with E-state index in [4.69, 9.17) is 4.74 Å². The molecule has 2 unspecified atom stereocenters.